The molecule has 3 heteroatoms. The molecule has 0 bridgehead atoms. The van der Waals surface area contributed by atoms with Gasteiger partial charge >= 0.3 is 0 Å². The second kappa shape index (κ2) is 6.71. The van der Waals surface area contributed by atoms with Gasteiger partial charge in [0.25, 0.3) is 0 Å². The van der Waals surface area contributed by atoms with E-state index in [1.807, 2.05) is 24.3 Å². The zero-order chi connectivity index (χ0) is 13.7. The Hall–Kier alpha value is -1.35. The molecule has 3 N–H and O–H groups in total. The van der Waals surface area contributed by atoms with Crippen molar-refractivity contribution in [2.45, 2.75) is 25.8 Å². The van der Waals surface area contributed by atoms with Crippen molar-refractivity contribution in [2.75, 3.05) is 0 Å². The van der Waals surface area contributed by atoms with E-state index in [0.717, 1.165) is 23.4 Å². The fourth-order valence-corrected chi connectivity index (χ4v) is 2.43. The normalized spacial score (nSPS) is 12.4. The molecule has 0 fully saturated rings. The Kier molecular flexibility index (Phi) is 4.97. The highest BCUT2D eigenvalue weighted by molar-refractivity contribution is 6.31. The zero-order valence-electron chi connectivity index (χ0n) is 11.1. The van der Waals surface area contributed by atoms with E-state index in [2.05, 4.69) is 36.6 Å². The average Bonchev–Trinajstić information content (AvgIpc) is 2.46. The number of nitrogens with two attached hydrogens (primary N) is 1. The van der Waals surface area contributed by atoms with Gasteiger partial charge in [-0.3, -0.25) is 11.3 Å². The van der Waals surface area contributed by atoms with Gasteiger partial charge in [0.1, 0.15) is 0 Å². The van der Waals surface area contributed by atoms with Crippen molar-refractivity contribution in [3.63, 3.8) is 0 Å². The first-order valence-corrected chi connectivity index (χ1v) is 6.90. The van der Waals surface area contributed by atoms with Crippen LogP contribution in [0.2, 0.25) is 5.02 Å². The minimum absolute atomic E-state index is 0.0289. The van der Waals surface area contributed by atoms with E-state index >= 15 is 0 Å². The molecular formula is C16H19ClN2. The van der Waals surface area contributed by atoms with Crippen LogP contribution in [0.1, 0.15) is 29.7 Å². The minimum atomic E-state index is 0.0289. The lowest BCUT2D eigenvalue weighted by Gasteiger charge is -2.18. The van der Waals surface area contributed by atoms with Crippen molar-refractivity contribution in [3.8, 4) is 0 Å². The third-order valence-corrected chi connectivity index (χ3v) is 3.70. The summed E-state index contributed by atoms with van der Waals surface area (Å²) in [5.41, 5.74) is 6.48. The van der Waals surface area contributed by atoms with E-state index < -0.39 is 0 Å². The van der Waals surface area contributed by atoms with E-state index in [4.69, 9.17) is 17.4 Å². The maximum atomic E-state index is 6.22. The van der Waals surface area contributed by atoms with E-state index in [-0.39, 0.29) is 6.04 Å². The van der Waals surface area contributed by atoms with Gasteiger partial charge in [0.15, 0.2) is 0 Å². The number of hydrazine groups is 1. The fourth-order valence-electron chi connectivity index (χ4n) is 2.16. The zero-order valence-corrected chi connectivity index (χ0v) is 11.8. The molecule has 0 aliphatic carbocycles. The summed E-state index contributed by atoms with van der Waals surface area (Å²) in [6.45, 7) is 2.16. The lowest BCUT2D eigenvalue weighted by Crippen LogP contribution is -2.29. The second-order valence-electron chi connectivity index (χ2n) is 4.61. The van der Waals surface area contributed by atoms with Gasteiger partial charge < -0.3 is 0 Å². The van der Waals surface area contributed by atoms with Gasteiger partial charge in [-0.05, 0) is 35.6 Å². The van der Waals surface area contributed by atoms with Crippen molar-refractivity contribution in [1.82, 2.24) is 5.43 Å². The Morgan fingerprint density at radius 2 is 1.68 bits per heavy atom. The van der Waals surface area contributed by atoms with Gasteiger partial charge in [0.2, 0.25) is 0 Å². The van der Waals surface area contributed by atoms with Crippen LogP contribution >= 0.6 is 11.6 Å². The van der Waals surface area contributed by atoms with Crippen molar-refractivity contribution in [1.29, 1.82) is 0 Å². The maximum Gasteiger partial charge on any atom is 0.0515 e. The number of halogens is 1. The van der Waals surface area contributed by atoms with Gasteiger partial charge in [-0.25, -0.2) is 0 Å². The Bertz CT molecular complexity index is 523. The third-order valence-electron chi connectivity index (χ3n) is 3.35. The van der Waals surface area contributed by atoms with Crippen molar-refractivity contribution < 1.29 is 0 Å². The molecular weight excluding hydrogens is 256 g/mol. The van der Waals surface area contributed by atoms with Gasteiger partial charge in [-0.1, -0.05) is 61.0 Å². The highest BCUT2D eigenvalue weighted by Gasteiger charge is 2.13. The van der Waals surface area contributed by atoms with Crippen LogP contribution in [0.25, 0.3) is 0 Å². The summed E-state index contributed by atoms with van der Waals surface area (Å²) in [6.07, 6.45) is 1.88. The first kappa shape index (κ1) is 14.1. The summed E-state index contributed by atoms with van der Waals surface area (Å²) in [5.74, 6) is 5.67. The molecule has 0 aliphatic rings. The molecule has 0 aromatic heterocycles. The van der Waals surface area contributed by atoms with E-state index in [9.17, 15) is 0 Å². The number of rotatable bonds is 5. The standard InChI is InChI=1S/C16H19ClN2/c1-2-12-7-9-13(10-8-12)11-16(19-18)14-5-3-4-6-15(14)17/h3-10,16,19H,2,11,18H2,1H3. The molecule has 2 aromatic carbocycles. The smallest absolute Gasteiger partial charge is 0.0515 e. The maximum absolute atomic E-state index is 6.22. The molecule has 2 nitrogen and oxygen atoms in total. The van der Waals surface area contributed by atoms with Crippen molar-refractivity contribution >= 4 is 11.6 Å². The molecule has 0 spiro atoms. The predicted octanol–water partition coefficient (Wildman–Crippen LogP) is 3.65. The van der Waals surface area contributed by atoms with Gasteiger partial charge in [-0.2, -0.15) is 0 Å². The Balaban J connectivity index is 2.17. The first-order chi connectivity index (χ1) is 9.24. The summed E-state index contributed by atoms with van der Waals surface area (Å²) in [4.78, 5) is 0. The Morgan fingerprint density at radius 1 is 1.05 bits per heavy atom. The topological polar surface area (TPSA) is 38.0 Å². The Labute approximate surface area is 119 Å². The van der Waals surface area contributed by atoms with Crippen LogP contribution in [0.3, 0.4) is 0 Å². The van der Waals surface area contributed by atoms with Gasteiger partial charge in [0.05, 0.1) is 6.04 Å². The number of nitrogens with one attached hydrogen (secondary N) is 1. The Morgan fingerprint density at radius 3 is 2.26 bits per heavy atom. The van der Waals surface area contributed by atoms with Gasteiger partial charge in [-0.15, -0.1) is 0 Å². The number of aryl methyl sites for hydroxylation is 1. The fraction of sp³-hybridized carbons (Fsp3) is 0.250. The first-order valence-electron chi connectivity index (χ1n) is 6.53. The lowest BCUT2D eigenvalue weighted by atomic mass is 9.98. The predicted molar refractivity (Wildman–Crippen MR) is 81.0 cm³/mol. The lowest BCUT2D eigenvalue weighted by molar-refractivity contribution is 0.552. The molecule has 0 aliphatic heterocycles. The van der Waals surface area contributed by atoms with Crippen LogP contribution in [0, 0.1) is 0 Å². The molecule has 0 saturated carbocycles. The van der Waals surface area contributed by atoms with Crippen LogP contribution < -0.4 is 11.3 Å². The number of benzene rings is 2. The molecule has 100 valence electrons. The second-order valence-corrected chi connectivity index (χ2v) is 5.02. The SMILES string of the molecule is CCc1ccc(CC(NN)c2ccccc2Cl)cc1. The van der Waals surface area contributed by atoms with Crippen LogP contribution in [0.4, 0.5) is 0 Å². The average molecular weight is 275 g/mol. The number of hydrogen-bond donors (Lipinski definition) is 2. The highest BCUT2D eigenvalue weighted by atomic mass is 35.5. The molecule has 2 aromatic rings. The molecule has 1 unspecified atom stereocenters. The third kappa shape index (κ3) is 3.57. The van der Waals surface area contributed by atoms with Crippen LogP contribution in [0.15, 0.2) is 48.5 Å². The van der Waals surface area contributed by atoms with Crippen molar-refractivity contribution in [3.05, 3.63) is 70.2 Å². The number of hydrogen-bond acceptors (Lipinski definition) is 2. The summed E-state index contributed by atoms with van der Waals surface area (Å²) in [7, 11) is 0. The quantitative estimate of drug-likeness (QED) is 0.645. The minimum Gasteiger partial charge on any atom is -0.271 e. The molecule has 0 saturated heterocycles. The summed E-state index contributed by atoms with van der Waals surface area (Å²) >= 11 is 6.22. The monoisotopic (exact) mass is 274 g/mol. The molecule has 0 heterocycles. The highest BCUT2D eigenvalue weighted by Crippen LogP contribution is 2.25. The van der Waals surface area contributed by atoms with Crippen LogP contribution in [-0.2, 0) is 12.8 Å². The molecule has 0 radical (unpaired) electrons. The largest absolute Gasteiger partial charge is 0.271 e. The molecule has 2 rings (SSSR count). The van der Waals surface area contributed by atoms with E-state index in [0.29, 0.717) is 0 Å². The molecule has 1 atom stereocenters. The molecule has 0 amide bonds. The van der Waals surface area contributed by atoms with E-state index in [1.54, 1.807) is 0 Å². The van der Waals surface area contributed by atoms with Gasteiger partial charge in [0, 0.05) is 5.02 Å². The van der Waals surface area contributed by atoms with Crippen LogP contribution in [0.5, 0.6) is 0 Å². The summed E-state index contributed by atoms with van der Waals surface area (Å²) in [6, 6.07) is 16.5. The van der Waals surface area contributed by atoms with Crippen LogP contribution in [-0.4, -0.2) is 0 Å². The van der Waals surface area contributed by atoms with Crippen molar-refractivity contribution in [2.24, 2.45) is 5.84 Å². The van der Waals surface area contributed by atoms with E-state index in [1.165, 1.54) is 11.1 Å². The summed E-state index contributed by atoms with van der Waals surface area (Å²) < 4.78 is 0. The molecule has 19 heavy (non-hydrogen) atoms. The summed E-state index contributed by atoms with van der Waals surface area (Å²) in [5, 5.41) is 0.746.